The minimum Gasteiger partial charge on any atom is -0.375 e. The lowest BCUT2D eigenvalue weighted by Gasteiger charge is -2.40. The van der Waals surface area contributed by atoms with Crippen molar-refractivity contribution in [1.29, 1.82) is 0 Å². The molecular weight excluding hydrogens is 226 g/mol. The van der Waals surface area contributed by atoms with Gasteiger partial charge in [-0.15, -0.1) is 5.10 Å². The monoisotopic (exact) mass is 247 g/mol. The second kappa shape index (κ2) is 5.06. The molecule has 2 rings (SSSR count). The van der Waals surface area contributed by atoms with E-state index in [9.17, 15) is 0 Å². The molecule has 18 heavy (non-hydrogen) atoms. The number of allylic oxidation sites excluding steroid dienone is 3. The van der Waals surface area contributed by atoms with Crippen molar-refractivity contribution in [3.8, 4) is 0 Å². The number of aromatic nitrogens is 3. The van der Waals surface area contributed by atoms with Gasteiger partial charge < -0.3 is 4.74 Å². The zero-order chi connectivity index (χ0) is 13.2. The SMILES string of the molecule is CC(C)OC(C)C1(C)C=CC=CC1c1c[nH]nn1. The van der Waals surface area contributed by atoms with Crippen molar-refractivity contribution in [2.24, 2.45) is 5.41 Å². The largest absolute Gasteiger partial charge is 0.375 e. The van der Waals surface area contributed by atoms with E-state index < -0.39 is 0 Å². The van der Waals surface area contributed by atoms with Gasteiger partial charge in [-0.2, -0.15) is 0 Å². The van der Waals surface area contributed by atoms with Gasteiger partial charge >= 0.3 is 0 Å². The zero-order valence-electron chi connectivity index (χ0n) is 11.4. The molecule has 1 aromatic rings. The van der Waals surface area contributed by atoms with Crippen LogP contribution in [0.15, 0.2) is 30.5 Å². The Morgan fingerprint density at radius 2 is 2.11 bits per heavy atom. The molecule has 4 heteroatoms. The summed E-state index contributed by atoms with van der Waals surface area (Å²) in [5.41, 5.74) is 0.855. The summed E-state index contributed by atoms with van der Waals surface area (Å²) in [5.74, 6) is 0.190. The van der Waals surface area contributed by atoms with E-state index in [4.69, 9.17) is 4.74 Å². The van der Waals surface area contributed by atoms with Crippen molar-refractivity contribution < 1.29 is 4.74 Å². The summed E-state index contributed by atoms with van der Waals surface area (Å²) in [4.78, 5) is 0. The van der Waals surface area contributed by atoms with Gasteiger partial charge in [0.25, 0.3) is 0 Å². The van der Waals surface area contributed by atoms with Crippen LogP contribution in [0, 0.1) is 5.41 Å². The molecule has 0 aromatic carbocycles. The summed E-state index contributed by atoms with van der Waals surface area (Å²) in [6, 6.07) is 0. The molecule has 1 aromatic heterocycles. The maximum atomic E-state index is 5.98. The highest BCUT2D eigenvalue weighted by atomic mass is 16.5. The highest BCUT2D eigenvalue weighted by Gasteiger charge is 2.40. The van der Waals surface area contributed by atoms with Gasteiger partial charge in [-0.25, -0.2) is 0 Å². The maximum Gasteiger partial charge on any atom is 0.0902 e. The Hall–Kier alpha value is -1.42. The van der Waals surface area contributed by atoms with Crippen molar-refractivity contribution in [3.05, 3.63) is 36.2 Å². The fourth-order valence-corrected chi connectivity index (χ4v) is 2.47. The molecule has 0 fully saturated rings. The van der Waals surface area contributed by atoms with Gasteiger partial charge in [0.15, 0.2) is 0 Å². The first-order valence-electron chi connectivity index (χ1n) is 6.42. The standard InChI is InChI=1S/C14H21N3O/c1-10(2)18-11(3)14(4)8-6-5-7-12(14)13-9-15-17-16-13/h5-12H,1-4H3,(H,15,16,17). The normalized spacial score (nSPS) is 28.8. The highest BCUT2D eigenvalue weighted by molar-refractivity contribution is 5.29. The first-order chi connectivity index (χ1) is 8.54. The van der Waals surface area contributed by atoms with E-state index in [0.717, 1.165) is 5.69 Å². The first kappa shape index (κ1) is 13.0. The molecule has 0 saturated heterocycles. The molecule has 1 N–H and O–H groups in total. The van der Waals surface area contributed by atoms with E-state index in [2.05, 4.69) is 67.4 Å². The van der Waals surface area contributed by atoms with E-state index in [1.165, 1.54) is 0 Å². The van der Waals surface area contributed by atoms with Gasteiger partial charge in [-0.3, -0.25) is 5.10 Å². The molecule has 98 valence electrons. The quantitative estimate of drug-likeness (QED) is 0.890. The van der Waals surface area contributed by atoms with Crippen molar-refractivity contribution in [2.45, 2.75) is 45.8 Å². The van der Waals surface area contributed by atoms with Crippen LogP contribution in [0.3, 0.4) is 0 Å². The Bertz CT molecular complexity index is 436. The summed E-state index contributed by atoms with van der Waals surface area (Å²) in [6.45, 7) is 8.46. The second-order valence-electron chi connectivity index (χ2n) is 5.31. The number of rotatable bonds is 4. The number of aromatic amines is 1. The second-order valence-corrected chi connectivity index (χ2v) is 5.31. The van der Waals surface area contributed by atoms with Crippen LogP contribution in [0.4, 0.5) is 0 Å². The summed E-state index contributed by atoms with van der Waals surface area (Å²) in [7, 11) is 0. The predicted octanol–water partition coefficient (Wildman–Crippen LogP) is 2.83. The van der Waals surface area contributed by atoms with Crippen molar-refractivity contribution >= 4 is 0 Å². The maximum absolute atomic E-state index is 5.98. The molecule has 0 radical (unpaired) electrons. The van der Waals surface area contributed by atoms with Crippen LogP contribution in [0.25, 0.3) is 0 Å². The van der Waals surface area contributed by atoms with Gasteiger partial charge in [0.2, 0.25) is 0 Å². The highest BCUT2D eigenvalue weighted by Crippen LogP contribution is 2.43. The fraction of sp³-hybridized carbons (Fsp3) is 0.571. The zero-order valence-corrected chi connectivity index (χ0v) is 11.4. The number of nitrogens with zero attached hydrogens (tertiary/aromatic N) is 2. The van der Waals surface area contributed by atoms with Crippen LogP contribution in [-0.4, -0.2) is 27.6 Å². The molecular formula is C14H21N3O. The molecule has 0 spiro atoms. The Kier molecular flexibility index (Phi) is 3.66. The molecule has 0 amide bonds. The smallest absolute Gasteiger partial charge is 0.0902 e. The minimum atomic E-state index is -0.101. The van der Waals surface area contributed by atoms with E-state index in [0.29, 0.717) is 0 Å². The van der Waals surface area contributed by atoms with Crippen LogP contribution >= 0.6 is 0 Å². The molecule has 3 unspecified atom stereocenters. The van der Waals surface area contributed by atoms with Crippen LogP contribution in [-0.2, 0) is 4.74 Å². The topological polar surface area (TPSA) is 50.8 Å². The Morgan fingerprint density at radius 3 is 2.72 bits per heavy atom. The van der Waals surface area contributed by atoms with Crippen molar-refractivity contribution in [2.75, 3.05) is 0 Å². The van der Waals surface area contributed by atoms with Gasteiger partial charge in [0.05, 0.1) is 17.9 Å². The van der Waals surface area contributed by atoms with E-state index in [1.54, 1.807) is 0 Å². The lowest BCUT2D eigenvalue weighted by Crippen LogP contribution is -2.38. The Labute approximate surface area is 108 Å². The average Bonchev–Trinajstić information content (AvgIpc) is 2.82. The average molecular weight is 247 g/mol. The summed E-state index contributed by atoms with van der Waals surface area (Å²) >= 11 is 0. The Morgan fingerprint density at radius 1 is 1.33 bits per heavy atom. The predicted molar refractivity (Wildman–Crippen MR) is 71.2 cm³/mol. The number of H-pyrrole nitrogens is 1. The third-order valence-corrected chi connectivity index (χ3v) is 3.65. The molecule has 3 atom stereocenters. The van der Waals surface area contributed by atoms with Gasteiger partial charge in [-0.05, 0) is 20.8 Å². The van der Waals surface area contributed by atoms with Crippen LogP contribution in [0.2, 0.25) is 0 Å². The molecule has 1 heterocycles. The minimum absolute atomic E-state index is 0.101. The molecule has 4 nitrogen and oxygen atoms in total. The number of hydrogen-bond donors (Lipinski definition) is 1. The van der Waals surface area contributed by atoms with Crippen LogP contribution in [0.1, 0.15) is 39.3 Å². The first-order valence-corrected chi connectivity index (χ1v) is 6.42. The van der Waals surface area contributed by atoms with Gasteiger partial charge in [0.1, 0.15) is 0 Å². The van der Waals surface area contributed by atoms with Gasteiger partial charge in [-0.1, -0.05) is 36.4 Å². The molecule has 1 aliphatic rings. The fourth-order valence-electron chi connectivity index (χ4n) is 2.47. The third-order valence-electron chi connectivity index (χ3n) is 3.65. The van der Waals surface area contributed by atoms with Crippen LogP contribution < -0.4 is 0 Å². The molecule has 0 aliphatic heterocycles. The van der Waals surface area contributed by atoms with Crippen LogP contribution in [0.5, 0.6) is 0 Å². The molecule has 0 saturated carbocycles. The molecule has 0 bridgehead atoms. The number of nitrogens with one attached hydrogen (secondary N) is 1. The summed E-state index contributed by atoms with van der Waals surface area (Å²) in [5, 5.41) is 10.7. The summed E-state index contributed by atoms with van der Waals surface area (Å²) < 4.78 is 5.98. The van der Waals surface area contributed by atoms with Crippen molar-refractivity contribution in [3.63, 3.8) is 0 Å². The number of hydrogen-bond acceptors (Lipinski definition) is 3. The number of ether oxygens (including phenoxy) is 1. The molecule has 1 aliphatic carbocycles. The van der Waals surface area contributed by atoms with E-state index in [-0.39, 0.29) is 23.5 Å². The van der Waals surface area contributed by atoms with Crippen molar-refractivity contribution in [1.82, 2.24) is 15.4 Å². The lowest BCUT2D eigenvalue weighted by atomic mass is 9.69. The third kappa shape index (κ3) is 2.38. The Balaban J connectivity index is 2.28. The van der Waals surface area contributed by atoms with E-state index >= 15 is 0 Å². The van der Waals surface area contributed by atoms with Gasteiger partial charge in [0, 0.05) is 17.5 Å². The lowest BCUT2D eigenvalue weighted by molar-refractivity contribution is -0.0413. The van der Waals surface area contributed by atoms with E-state index in [1.807, 2.05) is 6.20 Å². The summed E-state index contributed by atoms with van der Waals surface area (Å²) in [6.07, 6.45) is 10.7.